The number of allylic oxidation sites excluding steroid dienone is 4. The third kappa shape index (κ3) is 17.1. The maximum Gasteiger partial charge on any atom is 0.311 e. The molecule has 3 heterocycles. The van der Waals surface area contributed by atoms with Gasteiger partial charge in [-0.05, 0) is 125 Å². The van der Waals surface area contributed by atoms with E-state index < -0.39 is 109 Å². The van der Waals surface area contributed by atoms with E-state index in [2.05, 4.69) is 78.9 Å². The molecule has 19 heteroatoms. The lowest BCUT2D eigenvalue weighted by atomic mass is 9.77. The van der Waals surface area contributed by atoms with Gasteiger partial charge in [-0.15, -0.1) is 0 Å². The number of benzene rings is 2. The van der Waals surface area contributed by atoms with Gasteiger partial charge in [0.2, 0.25) is 5.91 Å². The normalized spacial score (nSPS) is 36.2. The molecule has 468 valence electrons. The van der Waals surface area contributed by atoms with Gasteiger partial charge in [-0.1, -0.05) is 69.3 Å². The summed E-state index contributed by atoms with van der Waals surface area (Å²) >= 11 is 0. The Morgan fingerprint density at radius 3 is 1.98 bits per heavy atom. The van der Waals surface area contributed by atoms with Crippen LogP contribution in [0.3, 0.4) is 0 Å². The first kappa shape index (κ1) is 68.8. The molecular weight excluding hydrogens is 1080 g/mol. The van der Waals surface area contributed by atoms with Crippen molar-refractivity contribution in [1.29, 1.82) is 0 Å². The summed E-state index contributed by atoms with van der Waals surface area (Å²) in [6.45, 7) is 18.9. The average molecular weight is 1190 g/mol. The minimum absolute atomic E-state index is 0.0181. The van der Waals surface area contributed by atoms with E-state index in [-0.39, 0.29) is 70.1 Å². The third-order valence-electron chi connectivity index (χ3n) is 17.9. The van der Waals surface area contributed by atoms with E-state index in [4.69, 9.17) is 42.6 Å². The van der Waals surface area contributed by atoms with Crippen LogP contribution in [0.5, 0.6) is 0 Å². The predicted molar refractivity (Wildman–Crippen MR) is 321 cm³/mol. The van der Waals surface area contributed by atoms with E-state index >= 15 is 0 Å². The Labute approximate surface area is 495 Å². The van der Waals surface area contributed by atoms with Crippen molar-refractivity contribution in [1.82, 2.24) is 9.80 Å². The van der Waals surface area contributed by atoms with Gasteiger partial charge < -0.3 is 78.0 Å². The fourth-order valence-corrected chi connectivity index (χ4v) is 17.4. The number of likely N-dealkylation sites (N-methyl/N-ethyl adjacent to an activating group) is 1. The van der Waals surface area contributed by atoms with Crippen molar-refractivity contribution in [3.63, 3.8) is 0 Å². The van der Waals surface area contributed by atoms with Crippen molar-refractivity contribution < 1.29 is 77.8 Å². The summed E-state index contributed by atoms with van der Waals surface area (Å²) < 4.78 is 56.3. The molecule has 0 radical (unpaired) electrons. The summed E-state index contributed by atoms with van der Waals surface area (Å²) in [6.07, 6.45) is -0.371. The number of amides is 1. The number of aliphatic hydroxyl groups is 5. The summed E-state index contributed by atoms with van der Waals surface area (Å²) in [5.41, 5.74) is -4.91. The van der Waals surface area contributed by atoms with E-state index in [9.17, 15) is 35.1 Å². The van der Waals surface area contributed by atoms with Crippen LogP contribution in [-0.2, 0) is 52.2 Å². The van der Waals surface area contributed by atoms with Crippen LogP contribution in [0.2, 0.25) is 0 Å². The molecule has 0 aromatic heterocycles. The lowest BCUT2D eigenvalue weighted by molar-refractivity contribution is -0.318. The molecule has 1 aliphatic carbocycles. The van der Waals surface area contributed by atoms with Crippen LogP contribution < -0.4 is 10.6 Å². The highest BCUT2D eigenvalue weighted by Crippen LogP contribution is 2.65. The third-order valence-corrected chi connectivity index (χ3v) is 22.5. The molecule has 83 heavy (non-hydrogen) atoms. The van der Waals surface area contributed by atoms with Gasteiger partial charge in [-0.2, -0.15) is 0 Å². The number of ether oxygens (including phenoxy) is 9. The maximum atomic E-state index is 14.7. The zero-order chi connectivity index (χ0) is 60.9. The molecule has 3 fully saturated rings. The lowest BCUT2D eigenvalue weighted by Crippen LogP contribution is -2.60. The SMILES string of the molecule is CC[C@H]1OC(=O)[C@H](C)[C@@H](O[C@H]2C[C@@](C)(OC)[C@@H](O)[C@H](C)O2)[C@H](C)[C@@H](O[C@@H]2O[C@H](C)C[C@H](N(C)C)[C@H]2O)[C@](C)(O)C[C@@H](C)CN(C(=O)CCOCCOCCOCC[P+](C2=CC=CCC2)(c2ccccc2)c2ccccc2)[C@H](C)[C@@H](O)[C@]1(C)O. The van der Waals surface area contributed by atoms with Crippen molar-refractivity contribution in [2.75, 3.05) is 73.6 Å². The molecule has 5 N–H and O–H groups in total. The summed E-state index contributed by atoms with van der Waals surface area (Å²) in [6, 6.07) is 20.3. The number of cyclic esters (lactones) is 1. The van der Waals surface area contributed by atoms with Crippen molar-refractivity contribution in [2.24, 2.45) is 17.8 Å². The molecular formula is C64H102N2O16P+. The number of carbonyl (C=O) groups excluding carboxylic acids is 2. The van der Waals surface area contributed by atoms with Crippen LogP contribution in [-0.4, -0.2) is 211 Å². The molecule has 3 aliphatic heterocycles. The highest BCUT2D eigenvalue weighted by Gasteiger charge is 2.54. The van der Waals surface area contributed by atoms with Crippen molar-refractivity contribution in [2.45, 2.75) is 204 Å². The fourth-order valence-electron chi connectivity index (χ4n) is 13.0. The lowest BCUT2D eigenvalue weighted by Gasteiger charge is -2.48. The van der Waals surface area contributed by atoms with Gasteiger partial charge in [0.25, 0.3) is 0 Å². The average Bonchev–Trinajstić information content (AvgIpc) is 2.71. The molecule has 2 aromatic rings. The molecule has 1 amide bonds. The highest BCUT2D eigenvalue weighted by molar-refractivity contribution is 7.93. The zero-order valence-corrected chi connectivity index (χ0v) is 52.7. The van der Waals surface area contributed by atoms with E-state index in [0.717, 1.165) is 19.0 Å². The molecule has 0 bridgehead atoms. The topological polar surface area (TPSA) is 225 Å². The van der Waals surface area contributed by atoms with Gasteiger partial charge >= 0.3 is 5.97 Å². The molecule has 3 saturated heterocycles. The number of nitrogens with zero attached hydrogens (tertiary/aromatic N) is 2. The molecule has 6 rings (SSSR count). The van der Waals surface area contributed by atoms with Crippen LogP contribution in [0.4, 0.5) is 0 Å². The smallest absolute Gasteiger partial charge is 0.311 e. The second kappa shape index (κ2) is 31.1. The molecule has 0 unspecified atom stereocenters. The van der Waals surface area contributed by atoms with Crippen LogP contribution in [0.1, 0.15) is 114 Å². The first-order valence-electron chi connectivity index (χ1n) is 30.2. The first-order chi connectivity index (χ1) is 39.3. The van der Waals surface area contributed by atoms with Crippen molar-refractivity contribution >= 4 is 29.7 Å². The predicted octanol–water partition coefficient (Wildman–Crippen LogP) is 6.14. The number of rotatable bonds is 22. The zero-order valence-electron chi connectivity index (χ0n) is 51.8. The molecule has 0 saturated carbocycles. The number of esters is 1. The van der Waals surface area contributed by atoms with E-state index in [1.54, 1.807) is 48.5 Å². The van der Waals surface area contributed by atoms with Crippen LogP contribution in [0, 0.1) is 17.8 Å². The quantitative estimate of drug-likeness (QED) is 0.0507. The van der Waals surface area contributed by atoms with Crippen LogP contribution in [0.25, 0.3) is 0 Å². The summed E-state index contributed by atoms with van der Waals surface area (Å²) in [4.78, 5) is 32.6. The van der Waals surface area contributed by atoms with Gasteiger partial charge in [0.15, 0.2) is 12.6 Å². The number of hydrogen-bond donors (Lipinski definition) is 5. The standard InChI is InChI=1S/C64H102N2O16P/c1-14-52-64(10,73)57(69)46(6)66(53(67)30-31-75-32-33-76-34-35-77-36-37-83(48-24-18-15-19-25-48,49-26-20-16-21-27-49)50-28-22-17-23-29-50)41-42(2)39-62(8,72)59(82-61-55(68)51(65(11)12)38-43(3)78-61)44(4)56(45(5)60(71)80-52)81-54-40-63(9,74-13)58(70)47(7)79-54/h15-22,24-28,42-47,51-52,54-59,61,68-70,72-73H,14,23,29-41H2,1-13H3/q+1/t42-,43-,44+,45-,46-,47+,51+,52-,54+,55-,56+,57-,58+,59-,61+,62-,63-,64-/m1/s1. The second-order valence-electron chi connectivity index (χ2n) is 24.7. The molecule has 4 aliphatic rings. The Morgan fingerprint density at radius 2 is 1.41 bits per heavy atom. The molecule has 18 nitrogen and oxygen atoms in total. The monoisotopic (exact) mass is 1190 g/mol. The first-order valence-corrected chi connectivity index (χ1v) is 32.2. The molecule has 18 atom stereocenters. The van der Waals surface area contributed by atoms with Crippen molar-refractivity contribution in [3.8, 4) is 0 Å². The Kier molecular flexibility index (Phi) is 25.8. The van der Waals surface area contributed by atoms with Gasteiger partial charge in [0, 0.05) is 38.5 Å². The minimum Gasteiger partial charge on any atom is -0.459 e. The van der Waals surface area contributed by atoms with Crippen LogP contribution in [0.15, 0.2) is 84.2 Å². The summed E-state index contributed by atoms with van der Waals surface area (Å²) in [7, 11) is 3.28. The Bertz CT molecular complexity index is 2320. The van der Waals surface area contributed by atoms with Gasteiger partial charge in [-0.3, -0.25) is 9.59 Å². The second-order valence-corrected chi connectivity index (χ2v) is 28.4. The summed E-state index contributed by atoms with van der Waals surface area (Å²) in [5.74, 6) is -3.61. The Morgan fingerprint density at radius 1 is 0.807 bits per heavy atom. The van der Waals surface area contributed by atoms with Crippen molar-refractivity contribution in [3.05, 3.63) is 84.2 Å². The highest BCUT2D eigenvalue weighted by atomic mass is 31.2. The Hall–Kier alpha value is -3.27. The van der Waals surface area contributed by atoms with E-state index in [0.29, 0.717) is 26.2 Å². The van der Waals surface area contributed by atoms with E-state index in [1.807, 2.05) is 32.8 Å². The molecule has 2 aromatic carbocycles. The maximum absolute atomic E-state index is 14.7. The van der Waals surface area contributed by atoms with Gasteiger partial charge in [0.1, 0.15) is 47.9 Å². The van der Waals surface area contributed by atoms with Gasteiger partial charge in [-0.25, -0.2) is 0 Å². The molecule has 0 spiro atoms. The Balaban J connectivity index is 1.15. The number of aliphatic hydroxyl groups excluding tert-OH is 3. The fraction of sp³-hybridized carbons (Fsp3) is 0.719. The number of methoxy groups -OCH3 is 1. The minimum atomic E-state index is -2.06. The summed E-state index contributed by atoms with van der Waals surface area (Å²) in [5, 5.41) is 64.5. The van der Waals surface area contributed by atoms with Gasteiger partial charge in [0.05, 0.1) is 105 Å². The van der Waals surface area contributed by atoms with E-state index in [1.165, 1.54) is 34.9 Å². The number of carbonyl (C=O) groups is 2. The largest absolute Gasteiger partial charge is 0.459 e. The number of hydrogen-bond acceptors (Lipinski definition) is 17. The van der Waals surface area contributed by atoms with Crippen LogP contribution >= 0.6 is 7.26 Å².